The molecule has 0 amide bonds. The van der Waals surface area contributed by atoms with E-state index in [-0.39, 0.29) is 30.1 Å². The Morgan fingerprint density at radius 3 is 2.83 bits per heavy atom. The summed E-state index contributed by atoms with van der Waals surface area (Å²) in [5, 5.41) is 19.9. The molecule has 0 aromatic rings. The molecule has 3 aliphatic rings. The Hall–Kier alpha value is -0.120. The highest BCUT2D eigenvalue weighted by Crippen LogP contribution is 2.58. The predicted octanol–water partition coefficient (Wildman–Crippen LogP) is -0.0945. The highest BCUT2D eigenvalue weighted by atomic mass is 16.5. The van der Waals surface area contributed by atoms with Gasteiger partial charge in [0, 0.05) is 5.92 Å². The molecule has 6 atom stereocenters. The van der Waals surface area contributed by atoms with Crippen molar-refractivity contribution < 1.29 is 14.9 Å². The van der Waals surface area contributed by atoms with Crippen LogP contribution in [-0.4, -0.2) is 34.1 Å². The molecule has 0 spiro atoms. The summed E-state index contributed by atoms with van der Waals surface area (Å²) in [5.74, 6) is 0.488. The fourth-order valence-corrected chi connectivity index (χ4v) is 3.37. The zero-order valence-electron chi connectivity index (χ0n) is 7.10. The van der Waals surface area contributed by atoms with Crippen LogP contribution in [0.2, 0.25) is 0 Å². The lowest BCUT2D eigenvalue weighted by atomic mass is 9.81. The zero-order chi connectivity index (χ0) is 8.51. The number of rotatable bonds is 0. The van der Waals surface area contributed by atoms with Crippen molar-refractivity contribution in [2.45, 2.75) is 43.7 Å². The first-order valence-corrected chi connectivity index (χ1v) is 4.69. The molecule has 1 unspecified atom stereocenters. The summed E-state index contributed by atoms with van der Waals surface area (Å²) in [6.45, 7) is 1.91. The van der Waals surface area contributed by atoms with Gasteiger partial charge in [-0.25, -0.2) is 0 Å². The molecule has 0 radical (unpaired) electrons. The molecule has 1 heterocycles. The maximum absolute atomic E-state index is 10.2. The highest BCUT2D eigenvalue weighted by molar-refractivity contribution is 5.16. The van der Waals surface area contributed by atoms with E-state index in [1.54, 1.807) is 0 Å². The summed E-state index contributed by atoms with van der Waals surface area (Å²) in [4.78, 5) is 0. The second-order valence-corrected chi connectivity index (χ2v) is 4.53. The van der Waals surface area contributed by atoms with Gasteiger partial charge in [-0.2, -0.15) is 0 Å². The van der Waals surface area contributed by atoms with Crippen molar-refractivity contribution in [2.24, 2.45) is 11.8 Å². The molecule has 3 nitrogen and oxygen atoms in total. The summed E-state index contributed by atoms with van der Waals surface area (Å²) in [6, 6.07) is 0. The van der Waals surface area contributed by atoms with E-state index in [0.717, 1.165) is 12.8 Å². The molecular formula is C9H14O3. The maximum atomic E-state index is 10.2. The predicted molar refractivity (Wildman–Crippen MR) is 41.5 cm³/mol. The second kappa shape index (κ2) is 1.86. The Balaban J connectivity index is 2.04. The van der Waals surface area contributed by atoms with E-state index in [9.17, 15) is 10.2 Å². The van der Waals surface area contributed by atoms with Gasteiger partial charge in [0.25, 0.3) is 0 Å². The summed E-state index contributed by atoms with van der Waals surface area (Å²) in [6.07, 6.45) is 1.20. The third-order valence-corrected chi connectivity index (χ3v) is 4.07. The number of aliphatic hydroxyl groups is 2. The fraction of sp³-hybridized carbons (Fsp3) is 1.00. The van der Waals surface area contributed by atoms with Gasteiger partial charge in [0.1, 0.15) is 0 Å². The van der Waals surface area contributed by atoms with Gasteiger partial charge in [0.2, 0.25) is 0 Å². The first-order valence-electron chi connectivity index (χ1n) is 4.69. The average molecular weight is 170 g/mol. The smallest absolute Gasteiger partial charge is 0.0963 e. The summed E-state index contributed by atoms with van der Waals surface area (Å²) in [5.41, 5.74) is -0.617. The molecule has 3 rings (SSSR count). The van der Waals surface area contributed by atoms with E-state index in [2.05, 4.69) is 0 Å². The molecule has 2 N–H and O–H groups in total. The van der Waals surface area contributed by atoms with Gasteiger partial charge < -0.3 is 14.9 Å². The topological polar surface area (TPSA) is 49.7 Å². The standard InChI is InChI=1S/C9H14O3/c1-4-9(11)3-5-2-6(9)8(12-4)7(5)10/h4-8,10-11H,2-3H2,1H3/t4?,5-,6-,7-,8-,9-/m0/s1. The molecule has 12 heavy (non-hydrogen) atoms. The molecule has 2 bridgehead atoms. The zero-order valence-corrected chi connectivity index (χ0v) is 7.10. The van der Waals surface area contributed by atoms with Crippen LogP contribution in [0.1, 0.15) is 19.8 Å². The van der Waals surface area contributed by atoms with Crippen molar-refractivity contribution in [2.75, 3.05) is 0 Å². The van der Waals surface area contributed by atoms with Crippen LogP contribution in [0.25, 0.3) is 0 Å². The van der Waals surface area contributed by atoms with Gasteiger partial charge in [-0.1, -0.05) is 0 Å². The van der Waals surface area contributed by atoms with Gasteiger partial charge >= 0.3 is 0 Å². The van der Waals surface area contributed by atoms with Crippen LogP contribution in [0.4, 0.5) is 0 Å². The van der Waals surface area contributed by atoms with Crippen molar-refractivity contribution in [3.63, 3.8) is 0 Å². The first kappa shape index (κ1) is 7.30. The highest BCUT2D eigenvalue weighted by Gasteiger charge is 2.67. The van der Waals surface area contributed by atoms with Gasteiger partial charge in [-0.05, 0) is 25.7 Å². The van der Waals surface area contributed by atoms with Crippen LogP contribution in [-0.2, 0) is 4.74 Å². The number of fused-ring (bicyclic) bond motifs is 1. The monoisotopic (exact) mass is 170 g/mol. The summed E-state index contributed by atoms with van der Waals surface area (Å²) >= 11 is 0. The number of hydrogen-bond acceptors (Lipinski definition) is 3. The minimum absolute atomic E-state index is 0.0799. The van der Waals surface area contributed by atoms with E-state index >= 15 is 0 Å². The Bertz CT molecular complexity index is 230. The van der Waals surface area contributed by atoms with Gasteiger partial charge in [0.15, 0.2) is 0 Å². The molecule has 68 valence electrons. The minimum atomic E-state index is -0.617. The Morgan fingerprint density at radius 1 is 1.50 bits per heavy atom. The van der Waals surface area contributed by atoms with Crippen LogP contribution < -0.4 is 0 Å². The van der Waals surface area contributed by atoms with Crippen LogP contribution in [0.3, 0.4) is 0 Å². The van der Waals surface area contributed by atoms with E-state index in [1.807, 2.05) is 6.92 Å². The molecule has 2 saturated carbocycles. The van der Waals surface area contributed by atoms with Gasteiger partial charge in [-0.3, -0.25) is 0 Å². The van der Waals surface area contributed by atoms with E-state index < -0.39 is 5.60 Å². The van der Waals surface area contributed by atoms with Crippen molar-refractivity contribution in [1.82, 2.24) is 0 Å². The van der Waals surface area contributed by atoms with E-state index in [1.165, 1.54) is 0 Å². The molecule has 0 aromatic carbocycles. The van der Waals surface area contributed by atoms with Crippen LogP contribution in [0, 0.1) is 11.8 Å². The molecule has 1 aliphatic heterocycles. The normalized spacial score (nSPS) is 67.8. The van der Waals surface area contributed by atoms with Crippen molar-refractivity contribution in [1.29, 1.82) is 0 Å². The number of ether oxygens (including phenoxy) is 1. The third kappa shape index (κ3) is 0.573. The van der Waals surface area contributed by atoms with Gasteiger partial charge in [-0.15, -0.1) is 0 Å². The van der Waals surface area contributed by atoms with Crippen molar-refractivity contribution in [3.8, 4) is 0 Å². The molecule has 0 aromatic heterocycles. The maximum Gasteiger partial charge on any atom is 0.0963 e. The van der Waals surface area contributed by atoms with Crippen LogP contribution >= 0.6 is 0 Å². The lowest BCUT2D eigenvalue weighted by Gasteiger charge is -2.29. The third-order valence-electron chi connectivity index (χ3n) is 4.07. The van der Waals surface area contributed by atoms with Crippen molar-refractivity contribution >= 4 is 0 Å². The van der Waals surface area contributed by atoms with Crippen molar-refractivity contribution in [3.05, 3.63) is 0 Å². The largest absolute Gasteiger partial charge is 0.390 e. The summed E-state index contributed by atoms with van der Waals surface area (Å²) < 4.78 is 5.55. The number of aliphatic hydroxyl groups excluding tert-OH is 1. The number of hydrogen-bond donors (Lipinski definition) is 2. The van der Waals surface area contributed by atoms with Crippen LogP contribution in [0.15, 0.2) is 0 Å². The molecule has 2 aliphatic carbocycles. The minimum Gasteiger partial charge on any atom is -0.390 e. The lowest BCUT2D eigenvalue weighted by Crippen LogP contribution is -2.43. The lowest BCUT2D eigenvalue weighted by molar-refractivity contribution is -0.0368. The molecule has 1 saturated heterocycles. The van der Waals surface area contributed by atoms with Crippen LogP contribution in [0.5, 0.6) is 0 Å². The van der Waals surface area contributed by atoms with E-state index in [0.29, 0.717) is 0 Å². The SMILES string of the molecule is CC1O[C@@H]2[C@@H](O)[C@H]3C[C@@H]2[C@]1(O)C3. The average Bonchev–Trinajstić information content (AvgIpc) is 2.53. The Kier molecular flexibility index (Phi) is 1.13. The Morgan fingerprint density at radius 2 is 2.25 bits per heavy atom. The first-order chi connectivity index (χ1) is 5.63. The molecule has 3 heteroatoms. The molecule has 3 fully saturated rings. The van der Waals surface area contributed by atoms with E-state index in [4.69, 9.17) is 4.74 Å². The Labute approximate surface area is 71.3 Å². The quantitative estimate of drug-likeness (QED) is 0.534. The fourth-order valence-electron chi connectivity index (χ4n) is 3.37. The molecular weight excluding hydrogens is 156 g/mol. The second-order valence-electron chi connectivity index (χ2n) is 4.53. The summed E-state index contributed by atoms with van der Waals surface area (Å²) in [7, 11) is 0. The van der Waals surface area contributed by atoms with Gasteiger partial charge in [0.05, 0.1) is 23.9 Å².